The van der Waals surface area contributed by atoms with Gasteiger partial charge in [0.1, 0.15) is 31.1 Å². The lowest BCUT2D eigenvalue weighted by atomic mass is 10.1. The van der Waals surface area contributed by atoms with Crippen LogP contribution in [0.2, 0.25) is 0 Å². The Kier molecular flexibility index (Phi) is 6.09. The molecule has 0 aromatic heterocycles. The van der Waals surface area contributed by atoms with Crippen LogP contribution >= 0.6 is 0 Å². The third-order valence-electron chi connectivity index (χ3n) is 4.52. The van der Waals surface area contributed by atoms with Crippen molar-refractivity contribution >= 4 is 11.6 Å². The second kappa shape index (κ2) is 8.69. The summed E-state index contributed by atoms with van der Waals surface area (Å²) < 4.78 is 15.9. The van der Waals surface area contributed by atoms with Crippen molar-refractivity contribution in [1.82, 2.24) is 0 Å². The van der Waals surface area contributed by atoms with E-state index in [4.69, 9.17) is 14.2 Å². The molecule has 0 spiro atoms. The Balaban J connectivity index is 1.66. The molecule has 6 nitrogen and oxygen atoms in total. The van der Waals surface area contributed by atoms with Gasteiger partial charge in [-0.25, -0.2) is 0 Å². The summed E-state index contributed by atoms with van der Waals surface area (Å²) in [7, 11) is 3.16. The van der Waals surface area contributed by atoms with Crippen LogP contribution in [0.5, 0.6) is 11.5 Å². The molecule has 0 bridgehead atoms. The number of carbonyl (C=O) groups excluding carboxylic acids is 1. The Bertz CT molecular complexity index is 740. The second-order valence-electron chi connectivity index (χ2n) is 6.26. The Morgan fingerprint density at radius 3 is 2.46 bits per heavy atom. The van der Waals surface area contributed by atoms with E-state index in [0.29, 0.717) is 22.7 Å². The maximum atomic E-state index is 12.6. The van der Waals surface area contributed by atoms with Crippen LogP contribution in [0.4, 0.5) is 5.69 Å². The number of quaternary nitrogens is 1. The van der Waals surface area contributed by atoms with Crippen LogP contribution in [0.1, 0.15) is 15.9 Å². The van der Waals surface area contributed by atoms with Gasteiger partial charge in [0.2, 0.25) is 0 Å². The largest absolute Gasteiger partial charge is 0.497 e. The average molecular weight is 357 g/mol. The van der Waals surface area contributed by atoms with Gasteiger partial charge >= 0.3 is 0 Å². The number of carbonyl (C=O) groups is 1. The molecule has 1 aliphatic heterocycles. The fourth-order valence-corrected chi connectivity index (χ4v) is 3.01. The van der Waals surface area contributed by atoms with Crippen molar-refractivity contribution in [2.75, 3.05) is 45.8 Å². The predicted octanol–water partition coefficient (Wildman–Crippen LogP) is 1.37. The quantitative estimate of drug-likeness (QED) is 0.820. The zero-order valence-corrected chi connectivity index (χ0v) is 15.2. The highest BCUT2D eigenvalue weighted by Gasteiger charge is 2.15. The number of anilines is 1. The van der Waals surface area contributed by atoms with E-state index in [1.807, 2.05) is 24.3 Å². The zero-order chi connectivity index (χ0) is 18.4. The normalized spacial score (nSPS) is 14.7. The van der Waals surface area contributed by atoms with Gasteiger partial charge < -0.3 is 24.4 Å². The van der Waals surface area contributed by atoms with Crippen LogP contribution < -0.4 is 19.7 Å². The fourth-order valence-electron chi connectivity index (χ4n) is 3.01. The molecule has 1 saturated heterocycles. The van der Waals surface area contributed by atoms with Gasteiger partial charge in [0, 0.05) is 17.2 Å². The van der Waals surface area contributed by atoms with Gasteiger partial charge in [-0.15, -0.1) is 0 Å². The average Bonchev–Trinajstić information content (AvgIpc) is 2.69. The third kappa shape index (κ3) is 4.53. The van der Waals surface area contributed by atoms with Crippen LogP contribution in [0.3, 0.4) is 0 Å². The van der Waals surface area contributed by atoms with E-state index in [9.17, 15) is 4.79 Å². The van der Waals surface area contributed by atoms with Gasteiger partial charge in [-0.2, -0.15) is 0 Å². The molecule has 1 heterocycles. The summed E-state index contributed by atoms with van der Waals surface area (Å²) >= 11 is 0. The van der Waals surface area contributed by atoms with E-state index in [2.05, 4.69) is 5.32 Å². The number of benzene rings is 2. The van der Waals surface area contributed by atoms with Gasteiger partial charge in [-0.3, -0.25) is 4.79 Å². The van der Waals surface area contributed by atoms with Crippen LogP contribution in [0.15, 0.2) is 42.5 Å². The lowest BCUT2D eigenvalue weighted by Gasteiger charge is -2.23. The predicted molar refractivity (Wildman–Crippen MR) is 99.2 cm³/mol. The highest BCUT2D eigenvalue weighted by molar-refractivity contribution is 6.05. The summed E-state index contributed by atoms with van der Waals surface area (Å²) in [5.74, 6) is 1.07. The molecular weight excluding hydrogens is 332 g/mol. The second-order valence-corrected chi connectivity index (χ2v) is 6.26. The Hall–Kier alpha value is -2.57. The summed E-state index contributed by atoms with van der Waals surface area (Å²) in [4.78, 5) is 14.1. The Labute approximate surface area is 153 Å². The molecule has 6 heteroatoms. The van der Waals surface area contributed by atoms with Gasteiger partial charge in [0.15, 0.2) is 0 Å². The standard InChI is InChI=1S/C20H24N2O4/c1-24-17-7-8-19(25-2)18(13-17)21-20(23)16-5-3-15(4-6-16)14-22-9-11-26-12-10-22/h3-8,13H,9-12,14H2,1-2H3,(H,21,23)/p+1. The first kappa shape index (κ1) is 18.2. The minimum Gasteiger partial charge on any atom is -0.497 e. The van der Waals surface area contributed by atoms with Crippen molar-refractivity contribution in [3.05, 3.63) is 53.6 Å². The van der Waals surface area contributed by atoms with Crippen LogP contribution in [-0.2, 0) is 11.3 Å². The number of nitrogens with one attached hydrogen (secondary N) is 2. The highest BCUT2D eigenvalue weighted by atomic mass is 16.5. The van der Waals surface area contributed by atoms with Crippen molar-refractivity contribution in [1.29, 1.82) is 0 Å². The molecule has 0 aliphatic carbocycles. The van der Waals surface area contributed by atoms with E-state index in [0.717, 1.165) is 32.8 Å². The van der Waals surface area contributed by atoms with Crippen molar-refractivity contribution in [3.8, 4) is 11.5 Å². The molecule has 2 N–H and O–H groups in total. The van der Waals surface area contributed by atoms with Gasteiger partial charge in [0.25, 0.3) is 5.91 Å². The smallest absolute Gasteiger partial charge is 0.255 e. The SMILES string of the molecule is COc1ccc(OC)c(NC(=O)c2ccc(C[NH+]3CCOCC3)cc2)c1. The Morgan fingerprint density at radius 1 is 1.08 bits per heavy atom. The number of rotatable bonds is 6. The van der Waals surface area contributed by atoms with E-state index in [1.165, 1.54) is 10.5 Å². The maximum absolute atomic E-state index is 12.6. The molecule has 0 atom stereocenters. The van der Waals surface area contributed by atoms with Crippen molar-refractivity contribution in [3.63, 3.8) is 0 Å². The summed E-state index contributed by atoms with van der Waals surface area (Å²) in [5, 5.41) is 2.89. The molecule has 0 unspecified atom stereocenters. The first-order valence-corrected chi connectivity index (χ1v) is 8.73. The molecule has 138 valence electrons. The number of methoxy groups -OCH3 is 2. The van der Waals surface area contributed by atoms with E-state index < -0.39 is 0 Å². The topological polar surface area (TPSA) is 61.2 Å². The van der Waals surface area contributed by atoms with Gasteiger partial charge in [-0.05, 0) is 24.3 Å². The van der Waals surface area contributed by atoms with Crippen LogP contribution in [0.25, 0.3) is 0 Å². The summed E-state index contributed by atoms with van der Waals surface area (Å²) in [6, 6.07) is 13.0. The minimum absolute atomic E-state index is 0.179. The number of amides is 1. The molecule has 1 amide bonds. The lowest BCUT2D eigenvalue weighted by Crippen LogP contribution is -3.12. The molecule has 26 heavy (non-hydrogen) atoms. The van der Waals surface area contributed by atoms with E-state index in [1.54, 1.807) is 32.4 Å². The molecule has 0 saturated carbocycles. The molecule has 2 aromatic rings. The fraction of sp³-hybridized carbons (Fsp3) is 0.350. The van der Waals surface area contributed by atoms with Gasteiger partial charge in [-0.1, -0.05) is 12.1 Å². The van der Waals surface area contributed by atoms with E-state index >= 15 is 0 Å². The lowest BCUT2D eigenvalue weighted by molar-refractivity contribution is -0.921. The monoisotopic (exact) mass is 357 g/mol. The number of hydrogen-bond acceptors (Lipinski definition) is 4. The Morgan fingerprint density at radius 2 is 1.81 bits per heavy atom. The summed E-state index contributed by atoms with van der Waals surface area (Å²) in [6.45, 7) is 4.64. The first-order chi connectivity index (χ1) is 12.7. The van der Waals surface area contributed by atoms with Crippen molar-refractivity contribution < 1.29 is 23.9 Å². The molecule has 0 radical (unpaired) electrons. The van der Waals surface area contributed by atoms with Gasteiger partial charge in [0.05, 0.1) is 33.1 Å². The number of hydrogen-bond donors (Lipinski definition) is 2. The number of morpholine rings is 1. The zero-order valence-electron chi connectivity index (χ0n) is 15.2. The summed E-state index contributed by atoms with van der Waals surface area (Å²) in [5.41, 5.74) is 2.41. The van der Waals surface area contributed by atoms with Crippen molar-refractivity contribution in [2.24, 2.45) is 0 Å². The third-order valence-corrected chi connectivity index (χ3v) is 4.52. The van der Waals surface area contributed by atoms with Crippen LogP contribution in [-0.4, -0.2) is 46.4 Å². The molecule has 1 fully saturated rings. The maximum Gasteiger partial charge on any atom is 0.255 e. The number of ether oxygens (including phenoxy) is 3. The molecular formula is C20H25N2O4+. The van der Waals surface area contributed by atoms with Crippen molar-refractivity contribution in [2.45, 2.75) is 6.54 Å². The minimum atomic E-state index is -0.179. The van der Waals surface area contributed by atoms with Crippen LogP contribution in [0, 0.1) is 0 Å². The molecule has 2 aromatic carbocycles. The van der Waals surface area contributed by atoms with E-state index in [-0.39, 0.29) is 5.91 Å². The highest BCUT2D eigenvalue weighted by Crippen LogP contribution is 2.29. The molecule has 1 aliphatic rings. The first-order valence-electron chi connectivity index (χ1n) is 8.73. The summed E-state index contributed by atoms with van der Waals surface area (Å²) in [6.07, 6.45) is 0. The molecule has 3 rings (SSSR count).